The quantitative estimate of drug-likeness (QED) is 0.548. The van der Waals surface area contributed by atoms with Gasteiger partial charge in [0.05, 0.1) is 4.91 Å². The van der Waals surface area contributed by atoms with Crippen molar-refractivity contribution in [3.63, 3.8) is 0 Å². The van der Waals surface area contributed by atoms with Gasteiger partial charge < -0.3 is 5.11 Å². The first-order valence-corrected chi connectivity index (χ1v) is 5.83. The van der Waals surface area contributed by atoms with Crippen molar-refractivity contribution in [1.29, 1.82) is 0 Å². The Balaban J connectivity index is 2.27. The Hall–Kier alpha value is -0.390. The maximum atomic E-state index is 11.7. The van der Waals surface area contributed by atoms with E-state index < -0.39 is 0 Å². The van der Waals surface area contributed by atoms with Crippen molar-refractivity contribution in [2.45, 2.75) is 25.7 Å². The minimum absolute atomic E-state index is 0.112. The molecule has 3 nitrogen and oxygen atoms in total. The normalized spacial score (nSPS) is 22.8. The number of aliphatic hydroxyl groups excluding tert-OH is 1. The summed E-state index contributed by atoms with van der Waals surface area (Å²) < 4.78 is 0.479. The van der Waals surface area contributed by atoms with E-state index in [1.165, 1.54) is 35.1 Å². The second kappa shape index (κ2) is 4.00. The monoisotopic (exact) mass is 229 g/mol. The molecule has 1 N–H and O–H groups in total. The van der Waals surface area contributed by atoms with E-state index in [9.17, 15) is 4.79 Å². The lowest BCUT2D eigenvalue weighted by atomic mass is 10.2. The molecule has 1 amide bonds. The summed E-state index contributed by atoms with van der Waals surface area (Å²) in [6, 6.07) is 0. The summed E-state index contributed by atoms with van der Waals surface area (Å²) in [5.74, 6) is -0.112. The van der Waals surface area contributed by atoms with Gasteiger partial charge in [0.25, 0.3) is 5.91 Å². The van der Waals surface area contributed by atoms with E-state index >= 15 is 0 Å². The van der Waals surface area contributed by atoms with E-state index in [2.05, 4.69) is 0 Å². The van der Waals surface area contributed by atoms with Gasteiger partial charge in [-0.25, -0.2) is 0 Å². The van der Waals surface area contributed by atoms with Crippen LogP contribution in [0, 0.1) is 0 Å². The van der Waals surface area contributed by atoms with Gasteiger partial charge in [-0.2, -0.15) is 0 Å². The van der Waals surface area contributed by atoms with Gasteiger partial charge in [0.15, 0.2) is 0 Å². The molecule has 0 bridgehead atoms. The van der Waals surface area contributed by atoms with Crippen LogP contribution in [0.25, 0.3) is 0 Å². The average Bonchev–Trinajstić information content (AvgIpc) is 2.74. The van der Waals surface area contributed by atoms with Gasteiger partial charge in [-0.3, -0.25) is 9.69 Å². The Morgan fingerprint density at radius 1 is 1.43 bits per heavy atom. The molecule has 5 heteroatoms. The number of hydrogen-bond acceptors (Lipinski definition) is 4. The van der Waals surface area contributed by atoms with Crippen molar-refractivity contribution in [2.24, 2.45) is 0 Å². The van der Waals surface area contributed by atoms with Crippen LogP contribution in [-0.4, -0.2) is 27.0 Å². The van der Waals surface area contributed by atoms with E-state index in [1.807, 2.05) is 0 Å². The summed E-state index contributed by atoms with van der Waals surface area (Å²) in [6.07, 6.45) is 4.35. The zero-order valence-corrected chi connectivity index (χ0v) is 9.29. The first kappa shape index (κ1) is 10.1. The number of thiocarbonyl (C=S) groups is 1. The highest BCUT2D eigenvalue weighted by Crippen LogP contribution is 2.38. The SMILES string of the molecule is O=C1C(=C2CCCC2)SC(=S)N1CO. The van der Waals surface area contributed by atoms with E-state index in [-0.39, 0.29) is 12.6 Å². The largest absolute Gasteiger partial charge is 0.376 e. The summed E-state index contributed by atoms with van der Waals surface area (Å²) >= 11 is 6.33. The first-order valence-electron chi connectivity index (χ1n) is 4.60. The molecule has 0 aromatic heterocycles. The number of amides is 1. The minimum Gasteiger partial charge on any atom is -0.376 e. The van der Waals surface area contributed by atoms with Gasteiger partial charge >= 0.3 is 0 Å². The van der Waals surface area contributed by atoms with Crippen molar-refractivity contribution in [1.82, 2.24) is 4.90 Å². The van der Waals surface area contributed by atoms with E-state index in [0.29, 0.717) is 4.32 Å². The van der Waals surface area contributed by atoms with Crippen LogP contribution in [0.4, 0.5) is 0 Å². The van der Waals surface area contributed by atoms with E-state index in [0.717, 1.165) is 17.7 Å². The Bertz CT molecular complexity index is 317. The Kier molecular flexibility index (Phi) is 2.90. The molecule has 0 atom stereocenters. The van der Waals surface area contributed by atoms with Crippen LogP contribution in [0.5, 0.6) is 0 Å². The zero-order chi connectivity index (χ0) is 10.1. The smallest absolute Gasteiger partial charge is 0.268 e. The topological polar surface area (TPSA) is 40.5 Å². The molecule has 76 valence electrons. The fourth-order valence-electron chi connectivity index (χ4n) is 1.77. The molecule has 2 aliphatic rings. The number of rotatable bonds is 1. The lowest BCUT2D eigenvalue weighted by Crippen LogP contribution is -2.28. The third-order valence-corrected chi connectivity index (χ3v) is 4.05. The predicted octanol–water partition coefficient (Wildman–Crippen LogP) is 1.62. The molecule has 0 spiro atoms. The standard InChI is InChI=1S/C9H11NO2S2/c11-5-10-8(12)7(14-9(10)13)6-3-1-2-4-6/h11H,1-5H2. The highest BCUT2D eigenvalue weighted by atomic mass is 32.2. The molecule has 1 saturated carbocycles. The molecule has 0 aromatic carbocycles. The highest BCUT2D eigenvalue weighted by Gasteiger charge is 2.34. The number of carbonyl (C=O) groups excluding carboxylic acids is 1. The molecule has 1 heterocycles. The molecule has 0 radical (unpaired) electrons. The van der Waals surface area contributed by atoms with Gasteiger partial charge in [-0.05, 0) is 25.7 Å². The number of nitrogens with zero attached hydrogens (tertiary/aromatic N) is 1. The summed E-state index contributed by atoms with van der Waals surface area (Å²) in [4.78, 5) is 13.7. The zero-order valence-electron chi connectivity index (χ0n) is 7.65. The van der Waals surface area contributed by atoms with Gasteiger partial charge in [-0.15, -0.1) is 0 Å². The number of aliphatic hydroxyl groups is 1. The summed E-state index contributed by atoms with van der Waals surface area (Å²) in [5.41, 5.74) is 1.22. The lowest BCUT2D eigenvalue weighted by Gasteiger charge is -2.08. The molecule has 2 fully saturated rings. The van der Waals surface area contributed by atoms with Crippen LogP contribution in [-0.2, 0) is 4.79 Å². The summed E-state index contributed by atoms with van der Waals surface area (Å²) in [7, 11) is 0. The highest BCUT2D eigenvalue weighted by molar-refractivity contribution is 8.26. The minimum atomic E-state index is -0.304. The second-order valence-corrected chi connectivity index (χ2v) is 5.03. The van der Waals surface area contributed by atoms with E-state index in [4.69, 9.17) is 17.3 Å². The Morgan fingerprint density at radius 3 is 2.57 bits per heavy atom. The van der Waals surface area contributed by atoms with Crippen molar-refractivity contribution >= 4 is 34.2 Å². The molecule has 1 saturated heterocycles. The molecule has 0 aromatic rings. The van der Waals surface area contributed by atoms with Crippen molar-refractivity contribution in [3.8, 4) is 0 Å². The Morgan fingerprint density at radius 2 is 2.07 bits per heavy atom. The average molecular weight is 229 g/mol. The molecule has 1 aliphatic heterocycles. The number of allylic oxidation sites excluding steroid dienone is 1. The van der Waals surface area contributed by atoms with Gasteiger partial charge in [-0.1, -0.05) is 29.6 Å². The second-order valence-electron chi connectivity index (χ2n) is 3.38. The predicted molar refractivity (Wildman–Crippen MR) is 59.6 cm³/mol. The van der Waals surface area contributed by atoms with Gasteiger partial charge in [0.2, 0.25) is 0 Å². The molecule has 14 heavy (non-hydrogen) atoms. The molecular formula is C9H11NO2S2. The third kappa shape index (κ3) is 1.60. The fraction of sp³-hybridized carbons (Fsp3) is 0.556. The molecular weight excluding hydrogens is 218 g/mol. The van der Waals surface area contributed by atoms with Gasteiger partial charge in [0.1, 0.15) is 11.1 Å². The lowest BCUT2D eigenvalue weighted by molar-refractivity contribution is -0.124. The maximum Gasteiger partial charge on any atom is 0.268 e. The summed E-state index contributed by atoms with van der Waals surface area (Å²) in [6.45, 7) is -0.304. The van der Waals surface area contributed by atoms with Crippen molar-refractivity contribution < 1.29 is 9.90 Å². The third-order valence-electron chi connectivity index (χ3n) is 2.52. The van der Waals surface area contributed by atoms with E-state index in [1.54, 1.807) is 0 Å². The molecule has 0 unspecified atom stereocenters. The molecule has 2 rings (SSSR count). The van der Waals surface area contributed by atoms with Crippen LogP contribution >= 0.6 is 24.0 Å². The number of hydrogen-bond donors (Lipinski definition) is 1. The van der Waals surface area contributed by atoms with Gasteiger partial charge in [0, 0.05) is 0 Å². The number of thioether (sulfide) groups is 1. The van der Waals surface area contributed by atoms with Crippen LogP contribution in [0.2, 0.25) is 0 Å². The summed E-state index contributed by atoms with van der Waals surface area (Å²) in [5, 5.41) is 8.95. The van der Waals surface area contributed by atoms with Crippen LogP contribution in [0.3, 0.4) is 0 Å². The van der Waals surface area contributed by atoms with Crippen LogP contribution in [0.15, 0.2) is 10.5 Å². The first-order chi connectivity index (χ1) is 6.74. The maximum absolute atomic E-state index is 11.7. The van der Waals surface area contributed by atoms with Crippen molar-refractivity contribution in [3.05, 3.63) is 10.5 Å². The van der Waals surface area contributed by atoms with Crippen LogP contribution < -0.4 is 0 Å². The number of carbonyl (C=O) groups is 1. The van der Waals surface area contributed by atoms with Crippen LogP contribution in [0.1, 0.15) is 25.7 Å². The fourth-order valence-corrected chi connectivity index (χ4v) is 3.13. The molecule has 1 aliphatic carbocycles. The Labute approximate surface area is 92.2 Å². The van der Waals surface area contributed by atoms with Crippen molar-refractivity contribution in [2.75, 3.05) is 6.73 Å².